The Morgan fingerprint density at radius 2 is 1.79 bits per heavy atom. The Morgan fingerprint density at radius 1 is 1.16 bits per heavy atom. The second-order valence-corrected chi connectivity index (χ2v) is 4.20. The maximum Gasteiger partial charge on any atom is 0.269 e. The highest BCUT2D eigenvalue weighted by Gasteiger charge is 2.08. The number of rotatable bonds is 8. The minimum atomic E-state index is -0.497. The fourth-order valence-electron chi connectivity index (χ4n) is 1.63. The summed E-state index contributed by atoms with van der Waals surface area (Å²) >= 11 is 0. The maximum atomic E-state index is 11.7. The van der Waals surface area contributed by atoms with Crippen LogP contribution in [0.1, 0.15) is 36.0 Å². The van der Waals surface area contributed by atoms with Crippen molar-refractivity contribution < 1.29 is 14.8 Å². The average molecular weight is 266 g/mol. The molecule has 1 aromatic rings. The first-order valence-corrected chi connectivity index (χ1v) is 6.28. The molecule has 1 aromatic carbocycles. The van der Waals surface area contributed by atoms with Gasteiger partial charge in [-0.05, 0) is 25.0 Å². The number of non-ortho nitro benzene ring substituents is 1. The van der Waals surface area contributed by atoms with Gasteiger partial charge in [0.2, 0.25) is 0 Å². The van der Waals surface area contributed by atoms with Crippen LogP contribution in [0.4, 0.5) is 5.69 Å². The van der Waals surface area contributed by atoms with Gasteiger partial charge in [0.1, 0.15) is 0 Å². The van der Waals surface area contributed by atoms with Gasteiger partial charge in [0.25, 0.3) is 11.6 Å². The highest BCUT2D eigenvalue weighted by molar-refractivity contribution is 5.94. The minimum absolute atomic E-state index is 0.0273. The Morgan fingerprint density at radius 3 is 2.37 bits per heavy atom. The Kier molecular flexibility index (Phi) is 6.52. The number of aliphatic hydroxyl groups excluding tert-OH is 1. The molecule has 2 N–H and O–H groups in total. The normalized spacial score (nSPS) is 10.2. The average Bonchev–Trinajstić information content (AvgIpc) is 2.42. The van der Waals surface area contributed by atoms with E-state index in [0.29, 0.717) is 12.1 Å². The van der Waals surface area contributed by atoms with Gasteiger partial charge in [-0.3, -0.25) is 14.9 Å². The number of nitrogens with one attached hydrogen (secondary N) is 1. The summed E-state index contributed by atoms with van der Waals surface area (Å²) in [6.45, 7) is 0.774. The molecule has 0 bridgehead atoms. The van der Waals surface area contributed by atoms with E-state index in [-0.39, 0.29) is 18.2 Å². The van der Waals surface area contributed by atoms with Crippen LogP contribution in [-0.4, -0.2) is 29.1 Å². The first-order valence-electron chi connectivity index (χ1n) is 6.28. The fraction of sp³-hybridized carbons (Fsp3) is 0.462. The molecule has 0 spiro atoms. The molecule has 0 fully saturated rings. The van der Waals surface area contributed by atoms with Gasteiger partial charge in [-0.25, -0.2) is 0 Å². The fourth-order valence-corrected chi connectivity index (χ4v) is 1.63. The van der Waals surface area contributed by atoms with E-state index in [1.165, 1.54) is 24.3 Å². The van der Waals surface area contributed by atoms with Crippen LogP contribution >= 0.6 is 0 Å². The summed E-state index contributed by atoms with van der Waals surface area (Å²) in [5, 5.41) is 21.8. The molecule has 0 atom stereocenters. The monoisotopic (exact) mass is 266 g/mol. The third-order valence-electron chi connectivity index (χ3n) is 2.71. The highest BCUT2D eigenvalue weighted by atomic mass is 16.6. The molecule has 0 aromatic heterocycles. The van der Waals surface area contributed by atoms with E-state index in [1.807, 2.05) is 0 Å². The van der Waals surface area contributed by atoms with Crippen molar-refractivity contribution in [3.05, 3.63) is 39.9 Å². The number of unbranched alkanes of at least 4 members (excludes halogenated alkanes) is 3. The van der Waals surface area contributed by atoms with Crippen LogP contribution in [0, 0.1) is 10.1 Å². The molecule has 0 unspecified atom stereocenters. The molecule has 0 aliphatic rings. The number of nitro groups is 1. The number of nitrogens with zero attached hydrogens (tertiary/aromatic N) is 1. The quantitative estimate of drug-likeness (QED) is 0.427. The summed E-state index contributed by atoms with van der Waals surface area (Å²) in [5.74, 6) is -0.225. The number of hydrogen-bond acceptors (Lipinski definition) is 4. The Bertz CT molecular complexity index is 417. The molecule has 0 aliphatic carbocycles. The Hall–Kier alpha value is -1.95. The van der Waals surface area contributed by atoms with Gasteiger partial charge in [-0.2, -0.15) is 0 Å². The van der Waals surface area contributed by atoms with E-state index >= 15 is 0 Å². The molecule has 0 saturated carbocycles. The van der Waals surface area contributed by atoms with Crippen molar-refractivity contribution in [1.29, 1.82) is 0 Å². The van der Waals surface area contributed by atoms with Crippen LogP contribution in [0.2, 0.25) is 0 Å². The van der Waals surface area contributed by atoms with Crippen LogP contribution in [0.15, 0.2) is 24.3 Å². The molecule has 6 nitrogen and oxygen atoms in total. The summed E-state index contributed by atoms with van der Waals surface area (Å²) in [6, 6.07) is 5.52. The van der Waals surface area contributed by atoms with Crippen molar-refractivity contribution in [3.63, 3.8) is 0 Å². The molecule has 0 saturated heterocycles. The van der Waals surface area contributed by atoms with Crippen molar-refractivity contribution in [1.82, 2.24) is 5.32 Å². The minimum Gasteiger partial charge on any atom is -0.396 e. The van der Waals surface area contributed by atoms with E-state index in [4.69, 9.17) is 5.11 Å². The standard InChI is InChI=1S/C13H18N2O4/c16-10-4-2-1-3-9-14-13(17)11-5-7-12(8-6-11)15(18)19/h5-8,16H,1-4,9-10H2,(H,14,17). The zero-order valence-electron chi connectivity index (χ0n) is 10.7. The van der Waals surface area contributed by atoms with Gasteiger partial charge < -0.3 is 10.4 Å². The topological polar surface area (TPSA) is 92.5 Å². The SMILES string of the molecule is O=C(NCCCCCCO)c1ccc([N+](=O)[O-])cc1. The molecule has 1 amide bonds. The first-order chi connectivity index (χ1) is 9.15. The number of amides is 1. The third-order valence-corrected chi connectivity index (χ3v) is 2.71. The predicted octanol–water partition coefficient (Wildman–Crippen LogP) is 1.88. The van der Waals surface area contributed by atoms with Crippen molar-refractivity contribution in [2.45, 2.75) is 25.7 Å². The van der Waals surface area contributed by atoms with E-state index in [1.54, 1.807) is 0 Å². The van der Waals surface area contributed by atoms with Gasteiger partial charge in [0, 0.05) is 30.8 Å². The lowest BCUT2D eigenvalue weighted by Gasteiger charge is -2.04. The zero-order chi connectivity index (χ0) is 14.1. The largest absolute Gasteiger partial charge is 0.396 e. The molecule has 6 heteroatoms. The molecule has 19 heavy (non-hydrogen) atoms. The summed E-state index contributed by atoms with van der Waals surface area (Å²) in [7, 11) is 0. The second kappa shape index (κ2) is 8.20. The lowest BCUT2D eigenvalue weighted by atomic mass is 10.2. The number of benzene rings is 1. The van der Waals surface area contributed by atoms with E-state index in [0.717, 1.165) is 25.7 Å². The van der Waals surface area contributed by atoms with Crippen molar-refractivity contribution >= 4 is 11.6 Å². The zero-order valence-corrected chi connectivity index (χ0v) is 10.7. The van der Waals surface area contributed by atoms with Gasteiger partial charge in [0.15, 0.2) is 0 Å². The van der Waals surface area contributed by atoms with Gasteiger partial charge in [0.05, 0.1) is 4.92 Å². The van der Waals surface area contributed by atoms with Gasteiger partial charge in [-0.15, -0.1) is 0 Å². The number of aliphatic hydroxyl groups is 1. The summed E-state index contributed by atoms with van der Waals surface area (Å²) in [5.41, 5.74) is 0.390. The first kappa shape index (κ1) is 15.1. The molecule has 1 rings (SSSR count). The third kappa shape index (κ3) is 5.48. The molecular weight excluding hydrogens is 248 g/mol. The summed E-state index contributed by atoms with van der Waals surface area (Å²) < 4.78 is 0. The number of carbonyl (C=O) groups is 1. The number of carbonyl (C=O) groups excluding carboxylic acids is 1. The Balaban J connectivity index is 2.31. The van der Waals surface area contributed by atoms with E-state index in [9.17, 15) is 14.9 Å². The van der Waals surface area contributed by atoms with Crippen molar-refractivity contribution in [2.75, 3.05) is 13.2 Å². The van der Waals surface area contributed by atoms with Crippen LogP contribution in [0.5, 0.6) is 0 Å². The van der Waals surface area contributed by atoms with E-state index in [2.05, 4.69) is 5.32 Å². The van der Waals surface area contributed by atoms with Crippen molar-refractivity contribution in [3.8, 4) is 0 Å². The summed E-state index contributed by atoms with van der Waals surface area (Å²) in [6.07, 6.45) is 3.56. The molecule has 0 radical (unpaired) electrons. The maximum absolute atomic E-state index is 11.7. The molecule has 0 aliphatic heterocycles. The van der Waals surface area contributed by atoms with Gasteiger partial charge in [-0.1, -0.05) is 12.8 Å². The Labute approximate surface area is 111 Å². The summed E-state index contributed by atoms with van der Waals surface area (Å²) in [4.78, 5) is 21.7. The van der Waals surface area contributed by atoms with Crippen LogP contribution in [0.3, 0.4) is 0 Å². The predicted molar refractivity (Wildman–Crippen MR) is 71.0 cm³/mol. The second-order valence-electron chi connectivity index (χ2n) is 4.20. The smallest absolute Gasteiger partial charge is 0.269 e. The van der Waals surface area contributed by atoms with Crippen LogP contribution in [-0.2, 0) is 0 Å². The lowest BCUT2D eigenvalue weighted by Crippen LogP contribution is -2.24. The molecule has 0 heterocycles. The number of hydrogen-bond donors (Lipinski definition) is 2. The van der Waals surface area contributed by atoms with Crippen LogP contribution in [0.25, 0.3) is 0 Å². The van der Waals surface area contributed by atoms with Gasteiger partial charge >= 0.3 is 0 Å². The molecule has 104 valence electrons. The lowest BCUT2D eigenvalue weighted by molar-refractivity contribution is -0.384. The highest BCUT2D eigenvalue weighted by Crippen LogP contribution is 2.11. The number of nitro benzene ring substituents is 1. The molecular formula is C13H18N2O4. The van der Waals surface area contributed by atoms with E-state index < -0.39 is 4.92 Å². The van der Waals surface area contributed by atoms with Crippen LogP contribution < -0.4 is 5.32 Å². The van der Waals surface area contributed by atoms with Crippen molar-refractivity contribution in [2.24, 2.45) is 0 Å².